The van der Waals surface area contributed by atoms with Crippen molar-refractivity contribution >= 4 is 16.7 Å². The minimum Gasteiger partial charge on any atom is -0.385 e. The van der Waals surface area contributed by atoms with Gasteiger partial charge in [0.25, 0.3) is 0 Å². The average molecular weight is 377 g/mol. The summed E-state index contributed by atoms with van der Waals surface area (Å²) in [5.41, 5.74) is 10.3. The predicted octanol–water partition coefficient (Wildman–Crippen LogP) is 4.93. The van der Waals surface area contributed by atoms with Crippen molar-refractivity contribution in [1.82, 2.24) is 19.2 Å². The molecule has 0 saturated heterocycles. The van der Waals surface area contributed by atoms with E-state index in [4.69, 9.17) is 14.8 Å². The average Bonchev–Trinajstić information content (AvgIpc) is 3.17. The molecule has 3 aromatic heterocycles. The van der Waals surface area contributed by atoms with Gasteiger partial charge in [-0.25, -0.2) is 4.98 Å². The second kappa shape index (κ2) is 7.06. The van der Waals surface area contributed by atoms with Crippen molar-refractivity contribution in [1.29, 1.82) is 0 Å². The highest BCUT2D eigenvalue weighted by Gasteiger charge is 2.20. The monoisotopic (exact) mass is 376 g/mol. The smallest absolute Gasteiger partial charge is 0.165 e. The molecule has 4 aromatic rings. The summed E-state index contributed by atoms with van der Waals surface area (Å²) in [6, 6.07) is 6.62. The largest absolute Gasteiger partial charge is 0.385 e. The lowest BCUT2D eigenvalue weighted by Gasteiger charge is -2.12. The highest BCUT2D eigenvalue weighted by molar-refractivity contribution is 5.89. The fourth-order valence-electron chi connectivity index (χ4n) is 4.39. The highest BCUT2D eigenvalue weighted by Crippen LogP contribution is 2.35. The molecule has 28 heavy (non-hydrogen) atoms. The minimum atomic E-state index is 0.748. The molecular formula is C23H28N4O. The van der Waals surface area contributed by atoms with E-state index in [1.54, 1.807) is 7.11 Å². The number of methoxy groups -OCH3 is 1. The van der Waals surface area contributed by atoms with E-state index in [1.807, 2.05) is 4.52 Å². The third-order valence-electron chi connectivity index (χ3n) is 5.51. The maximum Gasteiger partial charge on any atom is 0.165 e. The van der Waals surface area contributed by atoms with Crippen LogP contribution in [0.2, 0.25) is 0 Å². The SMILES string of the molecule is COCCCn1ccc2c(C)nc3c(-c4c(C)cc(C)cc4C)c(C)nn3c21. The molecule has 5 heteroatoms. The number of hydrogen-bond donors (Lipinski definition) is 0. The second-order valence-electron chi connectivity index (χ2n) is 7.76. The maximum absolute atomic E-state index is 5.23. The van der Waals surface area contributed by atoms with E-state index < -0.39 is 0 Å². The van der Waals surface area contributed by atoms with Gasteiger partial charge in [0.1, 0.15) is 5.65 Å². The molecule has 0 N–H and O–H groups in total. The molecule has 0 bridgehead atoms. The Hall–Kier alpha value is -2.66. The summed E-state index contributed by atoms with van der Waals surface area (Å²) in [4.78, 5) is 4.98. The first-order chi connectivity index (χ1) is 13.4. The van der Waals surface area contributed by atoms with Crippen LogP contribution in [0.25, 0.3) is 27.8 Å². The predicted molar refractivity (Wildman–Crippen MR) is 114 cm³/mol. The van der Waals surface area contributed by atoms with Crippen molar-refractivity contribution in [3.05, 3.63) is 52.5 Å². The second-order valence-corrected chi connectivity index (χ2v) is 7.76. The Morgan fingerprint density at radius 2 is 1.68 bits per heavy atom. The molecule has 4 rings (SSSR count). The molecule has 146 valence electrons. The Kier molecular flexibility index (Phi) is 4.71. The summed E-state index contributed by atoms with van der Waals surface area (Å²) in [6.45, 7) is 12.3. The lowest BCUT2D eigenvalue weighted by molar-refractivity contribution is 0.190. The van der Waals surface area contributed by atoms with E-state index in [0.29, 0.717) is 0 Å². The molecule has 0 spiro atoms. The number of fused-ring (bicyclic) bond motifs is 3. The topological polar surface area (TPSA) is 44.3 Å². The summed E-state index contributed by atoms with van der Waals surface area (Å²) in [6.07, 6.45) is 3.10. The molecule has 0 radical (unpaired) electrons. The molecule has 0 saturated carbocycles. The molecule has 3 heterocycles. The van der Waals surface area contributed by atoms with Crippen LogP contribution in [0.1, 0.15) is 34.5 Å². The van der Waals surface area contributed by atoms with E-state index >= 15 is 0 Å². The molecule has 0 fully saturated rings. The first-order valence-corrected chi connectivity index (χ1v) is 9.84. The van der Waals surface area contributed by atoms with Crippen LogP contribution >= 0.6 is 0 Å². The quantitative estimate of drug-likeness (QED) is 0.464. The Morgan fingerprint density at radius 3 is 2.36 bits per heavy atom. The van der Waals surface area contributed by atoms with Crippen LogP contribution in [-0.4, -0.2) is 32.9 Å². The zero-order valence-electron chi connectivity index (χ0n) is 17.6. The van der Waals surface area contributed by atoms with Gasteiger partial charge in [-0.15, -0.1) is 0 Å². The van der Waals surface area contributed by atoms with Gasteiger partial charge in [0.2, 0.25) is 0 Å². The number of hydrogen-bond acceptors (Lipinski definition) is 3. The number of benzene rings is 1. The van der Waals surface area contributed by atoms with Crippen molar-refractivity contribution in [3.8, 4) is 11.1 Å². The molecule has 0 aliphatic carbocycles. The van der Waals surface area contributed by atoms with Gasteiger partial charge in [0.15, 0.2) is 5.65 Å². The van der Waals surface area contributed by atoms with Gasteiger partial charge < -0.3 is 9.30 Å². The Balaban J connectivity index is 2.01. The molecule has 0 unspecified atom stereocenters. The van der Waals surface area contributed by atoms with Gasteiger partial charge in [-0.3, -0.25) is 0 Å². The summed E-state index contributed by atoms with van der Waals surface area (Å²) in [7, 11) is 1.75. The number of nitrogens with zero attached hydrogens (tertiary/aromatic N) is 4. The van der Waals surface area contributed by atoms with Gasteiger partial charge in [0.05, 0.1) is 17.0 Å². The summed E-state index contributed by atoms with van der Waals surface area (Å²) in [5, 5.41) is 6.08. The highest BCUT2D eigenvalue weighted by atomic mass is 16.5. The van der Waals surface area contributed by atoms with Crippen LogP contribution in [-0.2, 0) is 11.3 Å². The number of aryl methyl sites for hydroxylation is 6. The normalized spacial score (nSPS) is 11.8. The third kappa shape index (κ3) is 2.90. The van der Waals surface area contributed by atoms with Crippen molar-refractivity contribution in [2.75, 3.05) is 13.7 Å². The van der Waals surface area contributed by atoms with Crippen molar-refractivity contribution in [2.24, 2.45) is 0 Å². The fourth-order valence-corrected chi connectivity index (χ4v) is 4.39. The molecule has 0 amide bonds. The molecule has 0 aliphatic heterocycles. The van der Waals surface area contributed by atoms with Gasteiger partial charge in [0, 0.05) is 31.8 Å². The van der Waals surface area contributed by atoms with E-state index in [9.17, 15) is 0 Å². The van der Waals surface area contributed by atoms with Gasteiger partial charge >= 0.3 is 0 Å². The first-order valence-electron chi connectivity index (χ1n) is 9.84. The van der Waals surface area contributed by atoms with Crippen molar-refractivity contribution in [2.45, 2.75) is 47.6 Å². The summed E-state index contributed by atoms with van der Waals surface area (Å²) in [5.74, 6) is 0. The molecule has 0 aliphatic rings. The van der Waals surface area contributed by atoms with E-state index in [0.717, 1.165) is 53.2 Å². The zero-order chi connectivity index (χ0) is 20.0. The molecule has 0 atom stereocenters. The van der Waals surface area contributed by atoms with Crippen molar-refractivity contribution < 1.29 is 4.74 Å². The standard InChI is InChI=1S/C23H28N4O/c1-14-12-15(2)20(16(3)13-14)21-18(5)25-27-22(21)24-17(4)19-8-10-26(23(19)27)9-7-11-28-6/h8,10,12-13H,7,9,11H2,1-6H3. The van der Waals surface area contributed by atoms with Crippen molar-refractivity contribution in [3.63, 3.8) is 0 Å². The lowest BCUT2D eigenvalue weighted by atomic mass is 9.94. The third-order valence-corrected chi connectivity index (χ3v) is 5.51. The Bertz CT molecular complexity index is 1160. The van der Waals surface area contributed by atoms with E-state index in [1.165, 1.54) is 22.3 Å². The van der Waals surface area contributed by atoms with Crippen LogP contribution in [0.3, 0.4) is 0 Å². The maximum atomic E-state index is 5.23. The van der Waals surface area contributed by atoms with Crippen LogP contribution < -0.4 is 0 Å². The van der Waals surface area contributed by atoms with Crippen LogP contribution in [0.15, 0.2) is 24.4 Å². The number of ether oxygens (including phenoxy) is 1. The van der Waals surface area contributed by atoms with Gasteiger partial charge in [-0.1, -0.05) is 17.7 Å². The van der Waals surface area contributed by atoms with Gasteiger partial charge in [-0.05, 0) is 63.8 Å². The molecule has 5 nitrogen and oxygen atoms in total. The van der Waals surface area contributed by atoms with E-state index in [2.05, 4.69) is 63.6 Å². The van der Waals surface area contributed by atoms with Crippen LogP contribution in [0.4, 0.5) is 0 Å². The van der Waals surface area contributed by atoms with Gasteiger partial charge in [-0.2, -0.15) is 9.61 Å². The number of aromatic nitrogens is 4. The Labute approximate surface area is 166 Å². The summed E-state index contributed by atoms with van der Waals surface area (Å²) < 4.78 is 9.52. The number of rotatable bonds is 5. The molecular weight excluding hydrogens is 348 g/mol. The van der Waals surface area contributed by atoms with E-state index in [-0.39, 0.29) is 0 Å². The van der Waals surface area contributed by atoms with Crippen LogP contribution in [0.5, 0.6) is 0 Å². The fraction of sp³-hybridized carbons (Fsp3) is 0.391. The lowest BCUT2D eigenvalue weighted by Crippen LogP contribution is -2.05. The van der Waals surface area contributed by atoms with Crippen LogP contribution in [0, 0.1) is 34.6 Å². The zero-order valence-corrected chi connectivity index (χ0v) is 17.6. The first kappa shape index (κ1) is 18.7. The molecule has 1 aromatic carbocycles. The summed E-state index contributed by atoms with van der Waals surface area (Å²) >= 11 is 0. The Morgan fingerprint density at radius 1 is 0.964 bits per heavy atom. The minimum absolute atomic E-state index is 0.748.